The highest BCUT2D eigenvalue weighted by Crippen LogP contribution is 2.44. The van der Waals surface area contributed by atoms with E-state index in [2.05, 4.69) is 21.6 Å². The summed E-state index contributed by atoms with van der Waals surface area (Å²) in [6.45, 7) is 1.54. The molecule has 2 aromatic carbocycles. The number of amides is 1. The van der Waals surface area contributed by atoms with Crippen LogP contribution < -0.4 is 25.3 Å². The summed E-state index contributed by atoms with van der Waals surface area (Å²) in [6.07, 6.45) is 0. The van der Waals surface area contributed by atoms with Crippen LogP contribution in [0.3, 0.4) is 0 Å². The fraction of sp³-hybridized carbons (Fsp3) is 0.174. The second-order valence-electron chi connectivity index (χ2n) is 7.25. The number of allylic oxidation sites excluding steroid dienone is 1. The van der Waals surface area contributed by atoms with Crippen molar-refractivity contribution in [3.8, 4) is 23.4 Å². The van der Waals surface area contributed by atoms with Crippen LogP contribution in [0.15, 0.2) is 53.9 Å². The van der Waals surface area contributed by atoms with E-state index >= 15 is 0 Å². The molecular weight excluding hydrogens is 429 g/mol. The molecule has 0 saturated carbocycles. The van der Waals surface area contributed by atoms with Crippen molar-refractivity contribution in [1.82, 2.24) is 10.2 Å². The van der Waals surface area contributed by atoms with Crippen LogP contribution in [0.1, 0.15) is 22.7 Å². The van der Waals surface area contributed by atoms with Crippen molar-refractivity contribution < 1.29 is 23.4 Å². The molecule has 1 amide bonds. The number of nitrogens with zero attached hydrogens (tertiary/aromatic N) is 2. The van der Waals surface area contributed by atoms with E-state index in [1.54, 1.807) is 18.2 Å². The number of benzene rings is 2. The first-order chi connectivity index (χ1) is 15.9. The molecule has 4 rings (SSSR count). The number of hydrogen-bond donors (Lipinski definition) is 3. The monoisotopic (exact) mass is 449 g/mol. The summed E-state index contributed by atoms with van der Waals surface area (Å²) in [5.74, 6) is -0.327. The van der Waals surface area contributed by atoms with E-state index in [0.29, 0.717) is 34.2 Å². The number of carbonyl (C=O) groups excluding carboxylic acids is 1. The normalized spacial score (nSPS) is 14.7. The van der Waals surface area contributed by atoms with Gasteiger partial charge in [-0.1, -0.05) is 6.07 Å². The Labute approximate surface area is 188 Å². The van der Waals surface area contributed by atoms with Crippen LogP contribution in [0.2, 0.25) is 0 Å². The Morgan fingerprint density at radius 2 is 2.06 bits per heavy atom. The Kier molecular flexibility index (Phi) is 5.87. The summed E-state index contributed by atoms with van der Waals surface area (Å²) in [6, 6.07) is 12.6. The van der Waals surface area contributed by atoms with Gasteiger partial charge in [0.15, 0.2) is 18.1 Å². The van der Waals surface area contributed by atoms with Crippen LogP contribution >= 0.6 is 0 Å². The number of aromatic nitrogens is 2. The van der Waals surface area contributed by atoms with Gasteiger partial charge in [-0.05, 0) is 48.9 Å². The Morgan fingerprint density at radius 3 is 2.76 bits per heavy atom. The van der Waals surface area contributed by atoms with Gasteiger partial charge in [0.1, 0.15) is 17.5 Å². The molecule has 33 heavy (non-hydrogen) atoms. The standard InChI is InChI=1S/C23H20FN5O4/c1-12-20-21(16(10-25)22(26)33-23(20)29-28-12)13-3-8-17(18(9-13)31-2)32-11-19(30)27-15-6-4-14(24)5-7-15/h3-9,21H,11,26H2,1-2H3,(H,27,30)(H,28,29)/t21-/m0/s1. The van der Waals surface area contributed by atoms with Crippen molar-refractivity contribution in [3.05, 3.63) is 76.6 Å². The van der Waals surface area contributed by atoms with E-state index in [0.717, 1.165) is 5.69 Å². The largest absolute Gasteiger partial charge is 0.493 e. The highest BCUT2D eigenvalue weighted by Gasteiger charge is 2.34. The third kappa shape index (κ3) is 4.29. The maximum Gasteiger partial charge on any atom is 0.262 e. The summed E-state index contributed by atoms with van der Waals surface area (Å²) in [4.78, 5) is 12.2. The highest BCUT2D eigenvalue weighted by molar-refractivity contribution is 5.91. The van der Waals surface area contributed by atoms with E-state index in [9.17, 15) is 14.4 Å². The highest BCUT2D eigenvalue weighted by atomic mass is 19.1. The van der Waals surface area contributed by atoms with Gasteiger partial charge in [0.05, 0.1) is 13.0 Å². The zero-order valence-corrected chi connectivity index (χ0v) is 17.8. The Bertz CT molecular complexity index is 1280. The molecule has 2 heterocycles. The number of methoxy groups -OCH3 is 1. The maximum atomic E-state index is 13.0. The topological polar surface area (TPSA) is 135 Å². The number of aryl methyl sites for hydroxylation is 1. The van der Waals surface area contributed by atoms with Crippen molar-refractivity contribution in [2.45, 2.75) is 12.8 Å². The zero-order chi connectivity index (χ0) is 23.5. The van der Waals surface area contributed by atoms with Gasteiger partial charge in [-0.25, -0.2) is 4.39 Å². The molecule has 1 aliphatic heterocycles. The van der Waals surface area contributed by atoms with Crippen molar-refractivity contribution in [1.29, 1.82) is 5.26 Å². The number of fused-ring (bicyclic) bond motifs is 1. The average Bonchev–Trinajstić information content (AvgIpc) is 3.18. The minimum Gasteiger partial charge on any atom is -0.493 e. The summed E-state index contributed by atoms with van der Waals surface area (Å²) in [5.41, 5.74) is 8.81. The lowest BCUT2D eigenvalue weighted by atomic mass is 9.84. The zero-order valence-electron chi connectivity index (χ0n) is 17.8. The first-order valence-corrected chi connectivity index (χ1v) is 9.90. The van der Waals surface area contributed by atoms with Crippen LogP contribution in [0.4, 0.5) is 10.1 Å². The number of ether oxygens (including phenoxy) is 3. The lowest BCUT2D eigenvalue weighted by Gasteiger charge is -2.24. The molecular formula is C23H20FN5O4. The smallest absolute Gasteiger partial charge is 0.262 e. The second-order valence-corrected chi connectivity index (χ2v) is 7.25. The molecule has 0 saturated heterocycles. The van der Waals surface area contributed by atoms with E-state index < -0.39 is 17.6 Å². The number of aromatic amines is 1. The van der Waals surface area contributed by atoms with Crippen molar-refractivity contribution in [2.75, 3.05) is 19.0 Å². The number of halogens is 1. The Hall–Kier alpha value is -4.52. The van der Waals surface area contributed by atoms with E-state index in [1.807, 2.05) is 6.92 Å². The molecule has 0 fully saturated rings. The molecule has 0 unspecified atom stereocenters. The molecule has 0 bridgehead atoms. The first kappa shape index (κ1) is 21.7. The predicted molar refractivity (Wildman–Crippen MR) is 116 cm³/mol. The van der Waals surface area contributed by atoms with Gasteiger partial charge < -0.3 is 25.3 Å². The molecule has 168 valence electrons. The summed E-state index contributed by atoms with van der Waals surface area (Å²) >= 11 is 0. The van der Waals surface area contributed by atoms with Crippen LogP contribution in [-0.4, -0.2) is 29.8 Å². The number of anilines is 1. The van der Waals surface area contributed by atoms with Gasteiger partial charge in [-0.3, -0.25) is 9.89 Å². The Morgan fingerprint density at radius 1 is 1.30 bits per heavy atom. The quantitative estimate of drug-likeness (QED) is 0.526. The lowest BCUT2D eigenvalue weighted by molar-refractivity contribution is -0.118. The molecule has 1 aliphatic rings. The molecule has 10 heteroatoms. The molecule has 0 spiro atoms. The molecule has 0 aliphatic carbocycles. The van der Waals surface area contributed by atoms with Crippen LogP contribution in [0.25, 0.3) is 0 Å². The summed E-state index contributed by atoms with van der Waals surface area (Å²) < 4.78 is 29.6. The molecule has 3 aromatic rings. The summed E-state index contributed by atoms with van der Waals surface area (Å²) in [7, 11) is 1.47. The van der Waals surface area contributed by atoms with Gasteiger partial charge in [0.25, 0.3) is 5.91 Å². The number of carbonyl (C=O) groups is 1. The van der Waals surface area contributed by atoms with Crippen LogP contribution in [-0.2, 0) is 4.79 Å². The van der Waals surface area contributed by atoms with Gasteiger partial charge in [-0.2, -0.15) is 5.26 Å². The third-order valence-corrected chi connectivity index (χ3v) is 5.14. The number of hydrogen-bond acceptors (Lipinski definition) is 7. The average molecular weight is 449 g/mol. The Balaban J connectivity index is 1.56. The van der Waals surface area contributed by atoms with E-state index in [1.165, 1.54) is 31.4 Å². The SMILES string of the molecule is COc1cc([C@H]2C(C#N)=C(N)Oc3n[nH]c(C)c32)ccc1OCC(=O)Nc1ccc(F)cc1. The molecule has 1 aromatic heterocycles. The third-order valence-electron chi connectivity index (χ3n) is 5.14. The fourth-order valence-electron chi connectivity index (χ4n) is 3.59. The van der Waals surface area contributed by atoms with Crippen molar-refractivity contribution in [2.24, 2.45) is 5.73 Å². The van der Waals surface area contributed by atoms with Gasteiger partial charge in [0.2, 0.25) is 11.8 Å². The predicted octanol–water partition coefficient (Wildman–Crippen LogP) is 3.10. The van der Waals surface area contributed by atoms with E-state index in [4.69, 9.17) is 19.9 Å². The number of nitrogens with one attached hydrogen (secondary N) is 2. The van der Waals surface area contributed by atoms with Gasteiger partial charge in [0, 0.05) is 16.9 Å². The number of nitrogens with two attached hydrogens (primary N) is 1. The van der Waals surface area contributed by atoms with Crippen LogP contribution in [0.5, 0.6) is 17.4 Å². The number of rotatable bonds is 6. The maximum absolute atomic E-state index is 13.0. The van der Waals surface area contributed by atoms with E-state index in [-0.39, 0.29) is 18.1 Å². The molecule has 0 radical (unpaired) electrons. The minimum atomic E-state index is -0.512. The molecule has 4 N–H and O–H groups in total. The van der Waals surface area contributed by atoms with Crippen molar-refractivity contribution >= 4 is 11.6 Å². The lowest BCUT2D eigenvalue weighted by Crippen LogP contribution is -2.21. The number of H-pyrrole nitrogens is 1. The van der Waals surface area contributed by atoms with Crippen LogP contribution in [0, 0.1) is 24.1 Å². The number of nitriles is 1. The van der Waals surface area contributed by atoms with Gasteiger partial charge in [-0.15, -0.1) is 5.10 Å². The fourth-order valence-corrected chi connectivity index (χ4v) is 3.59. The molecule has 9 nitrogen and oxygen atoms in total. The summed E-state index contributed by atoms with van der Waals surface area (Å²) in [5, 5.41) is 19.3. The van der Waals surface area contributed by atoms with Crippen molar-refractivity contribution in [3.63, 3.8) is 0 Å². The molecule has 1 atom stereocenters. The van der Waals surface area contributed by atoms with Gasteiger partial charge >= 0.3 is 0 Å². The first-order valence-electron chi connectivity index (χ1n) is 9.90. The second kappa shape index (κ2) is 8.92. The minimum absolute atomic E-state index is 0.0155.